The number of ether oxygens (including phenoxy) is 1. The quantitative estimate of drug-likeness (QED) is 0.924. The number of hydrogen-bond acceptors (Lipinski definition) is 2. The number of hydrogen-bond donors (Lipinski definition) is 1. The van der Waals surface area contributed by atoms with Crippen molar-refractivity contribution in [3.8, 4) is 5.75 Å². The number of nitrogens with two attached hydrogens (primary N) is 1. The van der Waals surface area contributed by atoms with Gasteiger partial charge in [0.05, 0.1) is 22.3 Å². The van der Waals surface area contributed by atoms with E-state index in [0.29, 0.717) is 18.6 Å². The number of fused-ring (bicyclic) bond motifs is 1. The van der Waals surface area contributed by atoms with E-state index in [1.165, 1.54) is 0 Å². The van der Waals surface area contributed by atoms with E-state index < -0.39 is 15.7 Å². The summed E-state index contributed by atoms with van der Waals surface area (Å²) in [4.78, 5) is 0. The lowest BCUT2D eigenvalue weighted by Crippen LogP contribution is -2.33. The highest BCUT2D eigenvalue weighted by Crippen LogP contribution is 2.35. The van der Waals surface area contributed by atoms with Gasteiger partial charge in [0.25, 0.3) is 0 Å². The first-order chi connectivity index (χ1) is 8.81. The second kappa shape index (κ2) is 5.21. The van der Waals surface area contributed by atoms with Crippen molar-refractivity contribution in [2.75, 3.05) is 6.61 Å². The Kier molecular flexibility index (Phi) is 3.97. The first-order valence-electron chi connectivity index (χ1n) is 6.42. The molecule has 0 aliphatic carbocycles. The summed E-state index contributed by atoms with van der Waals surface area (Å²) >= 11 is 0. The van der Waals surface area contributed by atoms with Crippen molar-refractivity contribution in [2.45, 2.75) is 44.3 Å². The first-order valence-corrected chi connectivity index (χ1v) is 7.64. The Hall–Kier alpha value is -0.940. The molecule has 2 rings (SSSR count). The van der Waals surface area contributed by atoms with Crippen molar-refractivity contribution in [3.05, 3.63) is 29.1 Å². The van der Waals surface area contributed by atoms with E-state index in [0.717, 1.165) is 17.7 Å². The van der Waals surface area contributed by atoms with Crippen molar-refractivity contribution < 1.29 is 13.3 Å². The van der Waals surface area contributed by atoms with E-state index in [2.05, 4.69) is 0 Å². The summed E-state index contributed by atoms with van der Waals surface area (Å²) < 4.78 is 30.5. The molecule has 2 atom stereocenters. The van der Waals surface area contributed by atoms with Gasteiger partial charge < -0.3 is 4.74 Å². The van der Waals surface area contributed by atoms with Gasteiger partial charge in [-0.2, -0.15) is 0 Å². The maximum absolute atomic E-state index is 14.1. The molecule has 2 N–H and O–H groups in total. The number of benzene rings is 1. The maximum atomic E-state index is 14.1. The highest BCUT2D eigenvalue weighted by molar-refractivity contribution is 7.84. The Morgan fingerprint density at radius 1 is 1.53 bits per heavy atom. The van der Waals surface area contributed by atoms with Gasteiger partial charge in [-0.05, 0) is 43.9 Å². The van der Waals surface area contributed by atoms with E-state index in [9.17, 15) is 8.60 Å². The third-order valence-electron chi connectivity index (χ3n) is 3.68. The van der Waals surface area contributed by atoms with E-state index in [1.807, 2.05) is 20.8 Å². The SMILES string of the molecule is C[C@@H](CC(C)(C)S(N)=O)c1cc2c(cc1F)CCO2. The third-order valence-corrected chi connectivity index (χ3v) is 4.94. The topological polar surface area (TPSA) is 52.3 Å². The molecule has 0 radical (unpaired) electrons. The average molecular weight is 285 g/mol. The lowest BCUT2D eigenvalue weighted by Gasteiger charge is -2.25. The lowest BCUT2D eigenvalue weighted by atomic mass is 9.90. The molecule has 5 heteroatoms. The van der Waals surface area contributed by atoms with Crippen LogP contribution in [0.25, 0.3) is 0 Å². The Labute approximate surface area is 115 Å². The molecule has 0 bridgehead atoms. The molecular weight excluding hydrogens is 265 g/mol. The average Bonchev–Trinajstić information content (AvgIpc) is 2.73. The summed E-state index contributed by atoms with van der Waals surface area (Å²) in [6, 6.07) is 3.33. The standard InChI is InChI=1S/C14H20FNO2S/c1-9(8-14(2,3)19(16)17)11-7-13-10(4-5-18-13)6-12(11)15/h6-7,9H,4-5,8,16H2,1-3H3/t9-,19?/m0/s1. The van der Waals surface area contributed by atoms with Gasteiger partial charge >= 0.3 is 0 Å². The lowest BCUT2D eigenvalue weighted by molar-refractivity contribution is 0.356. The van der Waals surface area contributed by atoms with Crippen LogP contribution >= 0.6 is 0 Å². The molecule has 19 heavy (non-hydrogen) atoms. The first kappa shape index (κ1) is 14.5. The van der Waals surface area contributed by atoms with Crippen molar-refractivity contribution >= 4 is 11.0 Å². The predicted octanol–water partition coefficient (Wildman–Crippen LogP) is 2.66. The van der Waals surface area contributed by atoms with Crippen LogP contribution in [0.15, 0.2) is 12.1 Å². The van der Waals surface area contributed by atoms with Crippen LogP contribution in [0.2, 0.25) is 0 Å². The number of rotatable bonds is 4. The molecule has 1 heterocycles. The highest BCUT2D eigenvalue weighted by atomic mass is 32.2. The van der Waals surface area contributed by atoms with Crippen LogP contribution in [0.4, 0.5) is 4.39 Å². The van der Waals surface area contributed by atoms with Crippen LogP contribution < -0.4 is 9.88 Å². The monoisotopic (exact) mass is 285 g/mol. The Bertz CT molecular complexity index is 516. The number of halogens is 1. The zero-order valence-electron chi connectivity index (χ0n) is 11.5. The molecule has 0 aromatic heterocycles. The molecule has 0 saturated carbocycles. The van der Waals surface area contributed by atoms with Gasteiger partial charge in [-0.15, -0.1) is 0 Å². The molecule has 3 nitrogen and oxygen atoms in total. The van der Waals surface area contributed by atoms with Gasteiger partial charge in [0.1, 0.15) is 11.6 Å². The van der Waals surface area contributed by atoms with Crippen LogP contribution in [0, 0.1) is 5.82 Å². The minimum Gasteiger partial charge on any atom is -0.493 e. The summed E-state index contributed by atoms with van der Waals surface area (Å²) in [5.74, 6) is 0.502. The summed E-state index contributed by atoms with van der Waals surface area (Å²) in [5, 5.41) is 5.48. The maximum Gasteiger partial charge on any atom is 0.127 e. The van der Waals surface area contributed by atoms with Gasteiger partial charge in [-0.3, -0.25) is 5.14 Å². The molecule has 1 aliphatic heterocycles. The fourth-order valence-corrected chi connectivity index (χ4v) is 2.93. The van der Waals surface area contributed by atoms with Gasteiger partial charge in [0.2, 0.25) is 0 Å². The molecule has 106 valence electrons. The van der Waals surface area contributed by atoms with Crippen molar-refractivity contribution in [1.82, 2.24) is 0 Å². The van der Waals surface area contributed by atoms with Crippen molar-refractivity contribution in [1.29, 1.82) is 0 Å². The molecule has 0 saturated heterocycles. The molecule has 0 amide bonds. The summed E-state index contributed by atoms with van der Waals surface area (Å²) in [6.45, 7) is 6.21. The summed E-state index contributed by atoms with van der Waals surface area (Å²) in [6.07, 6.45) is 1.32. The van der Waals surface area contributed by atoms with Crippen molar-refractivity contribution in [3.63, 3.8) is 0 Å². The Morgan fingerprint density at radius 2 is 2.21 bits per heavy atom. The fraction of sp³-hybridized carbons (Fsp3) is 0.571. The van der Waals surface area contributed by atoms with E-state index in [-0.39, 0.29) is 11.7 Å². The summed E-state index contributed by atoms with van der Waals surface area (Å²) in [5.41, 5.74) is 1.54. The van der Waals surface area contributed by atoms with Gasteiger partial charge in [0.15, 0.2) is 0 Å². The van der Waals surface area contributed by atoms with Crippen LogP contribution in [0.1, 0.15) is 44.2 Å². The summed E-state index contributed by atoms with van der Waals surface area (Å²) in [7, 11) is -1.43. The Morgan fingerprint density at radius 3 is 2.84 bits per heavy atom. The smallest absolute Gasteiger partial charge is 0.127 e. The zero-order chi connectivity index (χ0) is 14.2. The molecule has 1 unspecified atom stereocenters. The molecular formula is C14H20FNO2S. The van der Waals surface area contributed by atoms with Gasteiger partial charge in [-0.1, -0.05) is 6.92 Å². The molecule has 0 fully saturated rings. The van der Waals surface area contributed by atoms with Crippen LogP contribution in [0.5, 0.6) is 5.75 Å². The van der Waals surface area contributed by atoms with Gasteiger partial charge in [-0.25, -0.2) is 8.60 Å². The minimum absolute atomic E-state index is 0.0583. The fourth-order valence-electron chi connectivity index (χ4n) is 2.52. The van der Waals surface area contributed by atoms with E-state index in [4.69, 9.17) is 9.88 Å². The molecule has 1 aliphatic rings. The normalized spacial score (nSPS) is 17.7. The van der Waals surface area contributed by atoms with Crippen LogP contribution in [-0.2, 0) is 17.4 Å². The van der Waals surface area contributed by atoms with Crippen LogP contribution in [0.3, 0.4) is 0 Å². The van der Waals surface area contributed by atoms with Crippen molar-refractivity contribution in [2.24, 2.45) is 5.14 Å². The second-order valence-electron chi connectivity index (χ2n) is 5.74. The predicted molar refractivity (Wildman–Crippen MR) is 75.0 cm³/mol. The molecule has 1 aromatic carbocycles. The minimum atomic E-state index is -1.43. The zero-order valence-corrected chi connectivity index (χ0v) is 12.3. The highest BCUT2D eigenvalue weighted by Gasteiger charge is 2.28. The van der Waals surface area contributed by atoms with Gasteiger partial charge in [0, 0.05) is 12.0 Å². The largest absolute Gasteiger partial charge is 0.493 e. The third kappa shape index (κ3) is 2.98. The van der Waals surface area contributed by atoms with E-state index in [1.54, 1.807) is 12.1 Å². The molecule has 1 aromatic rings. The Balaban J connectivity index is 2.25. The second-order valence-corrected chi connectivity index (χ2v) is 7.44. The van der Waals surface area contributed by atoms with Crippen LogP contribution in [-0.4, -0.2) is 15.6 Å². The van der Waals surface area contributed by atoms with E-state index >= 15 is 0 Å². The molecule has 0 spiro atoms.